The standard InChI is InChI=1S/C21H38N2S2/c1-3-5-6-7-8-9-10-11-12-13-14-21(18-23-16-15-22-19-23)24-17-20(4-2)25-21/h15-16,19-20H,3-14,17-18H2,1-2H3. The minimum atomic E-state index is 0.390. The average Bonchev–Trinajstić information content (AvgIpc) is 3.27. The van der Waals surface area contributed by atoms with Gasteiger partial charge in [0.2, 0.25) is 0 Å². The van der Waals surface area contributed by atoms with Crippen LogP contribution in [0.5, 0.6) is 0 Å². The second-order valence-corrected chi connectivity index (χ2v) is 10.9. The summed E-state index contributed by atoms with van der Waals surface area (Å²) in [7, 11) is 0. The van der Waals surface area contributed by atoms with Crippen LogP contribution in [-0.2, 0) is 6.54 Å². The van der Waals surface area contributed by atoms with E-state index in [0.717, 1.165) is 11.8 Å². The molecule has 2 unspecified atom stereocenters. The number of unbranched alkanes of at least 4 members (excludes halogenated alkanes) is 9. The smallest absolute Gasteiger partial charge is 0.0946 e. The number of rotatable bonds is 14. The van der Waals surface area contributed by atoms with Gasteiger partial charge in [0.1, 0.15) is 0 Å². The normalized spacial score (nSPS) is 23.4. The maximum Gasteiger partial charge on any atom is 0.0946 e. The van der Waals surface area contributed by atoms with Gasteiger partial charge >= 0.3 is 0 Å². The summed E-state index contributed by atoms with van der Waals surface area (Å²) in [6.07, 6.45) is 22.9. The Morgan fingerprint density at radius 2 is 1.68 bits per heavy atom. The zero-order valence-electron chi connectivity index (χ0n) is 16.4. The molecular weight excluding hydrogens is 344 g/mol. The second-order valence-electron chi connectivity index (χ2n) is 7.54. The van der Waals surface area contributed by atoms with E-state index in [4.69, 9.17) is 0 Å². The molecule has 1 aliphatic rings. The summed E-state index contributed by atoms with van der Waals surface area (Å²) in [6, 6.07) is 0. The van der Waals surface area contributed by atoms with E-state index in [0.29, 0.717) is 4.08 Å². The lowest BCUT2D eigenvalue weighted by molar-refractivity contribution is 0.522. The van der Waals surface area contributed by atoms with Crippen LogP contribution in [0, 0.1) is 0 Å². The average molecular weight is 383 g/mol. The lowest BCUT2D eigenvalue weighted by Gasteiger charge is -2.28. The summed E-state index contributed by atoms with van der Waals surface area (Å²) in [5, 5.41) is 0.844. The third-order valence-corrected chi connectivity index (χ3v) is 9.14. The molecule has 1 aliphatic heterocycles. The Balaban J connectivity index is 1.62. The molecule has 25 heavy (non-hydrogen) atoms. The van der Waals surface area contributed by atoms with Crippen molar-refractivity contribution in [1.82, 2.24) is 9.55 Å². The van der Waals surface area contributed by atoms with Gasteiger partial charge in [0.15, 0.2) is 0 Å². The highest BCUT2D eigenvalue weighted by Crippen LogP contribution is 2.52. The highest BCUT2D eigenvalue weighted by Gasteiger charge is 2.39. The lowest BCUT2D eigenvalue weighted by atomic mass is 10.0. The molecule has 2 nitrogen and oxygen atoms in total. The molecule has 2 heterocycles. The highest BCUT2D eigenvalue weighted by atomic mass is 32.2. The maximum absolute atomic E-state index is 4.24. The predicted molar refractivity (Wildman–Crippen MR) is 116 cm³/mol. The third-order valence-electron chi connectivity index (χ3n) is 5.26. The molecule has 0 amide bonds. The lowest BCUT2D eigenvalue weighted by Crippen LogP contribution is -2.24. The van der Waals surface area contributed by atoms with Crippen molar-refractivity contribution < 1.29 is 0 Å². The van der Waals surface area contributed by atoms with Crippen molar-refractivity contribution in [3.05, 3.63) is 18.7 Å². The molecule has 4 heteroatoms. The Labute approximate surface area is 164 Å². The number of hydrogen-bond donors (Lipinski definition) is 0. The van der Waals surface area contributed by atoms with Gasteiger partial charge in [0.05, 0.1) is 10.4 Å². The van der Waals surface area contributed by atoms with E-state index < -0.39 is 0 Å². The van der Waals surface area contributed by atoms with Gasteiger partial charge in [-0.25, -0.2) is 4.98 Å². The van der Waals surface area contributed by atoms with E-state index in [1.807, 2.05) is 12.5 Å². The van der Waals surface area contributed by atoms with Gasteiger partial charge in [0.25, 0.3) is 0 Å². The minimum absolute atomic E-state index is 0.390. The van der Waals surface area contributed by atoms with Crippen LogP contribution in [0.2, 0.25) is 0 Å². The SMILES string of the molecule is CCCCCCCCCCCCC1(Cn2ccnc2)SCC(CC)S1. The number of thioether (sulfide) groups is 2. The Kier molecular flexibility index (Phi) is 10.5. The Hall–Kier alpha value is -0.0900. The minimum Gasteiger partial charge on any atom is -0.335 e. The molecule has 1 aromatic rings. The maximum atomic E-state index is 4.24. The summed E-state index contributed by atoms with van der Waals surface area (Å²) >= 11 is 4.46. The van der Waals surface area contributed by atoms with Crippen molar-refractivity contribution in [2.24, 2.45) is 0 Å². The summed E-state index contributed by atoms with van der Waals surface area (Å²) < 4.78 is 2.68. The molecule has 1 aromatic heterocycles. The topological polar surface area (TPSA) is 17.8 Å². The van der Waals surface area contributed by atoms with Crippen LogP contribution in [0.15, 0.2) is 18.7 Å². The van der Waals surface area contributed by atoms with Gasteiger partial charge in [-0.05, 0) is 12.8 Å². The molecule has 1 fully saturated rings. The molecule has 2 rings (SSSR count). The van der Waals surface area contributed by atoms with Crippen LogP contribution in [0.25, 0.3) is 0 Å². The Morgan fingerprint density at radius 3 is 2.24 bits per heavy atom. The molecule has 0 radical (unpaired) electrons. The van der Waals surface area contributed by atoms with Crippen molar-refractivity contribution >= 4 is 23.5 Å². The predicted octanol–water partition coefficient (Wildman–Crippen LogP) is 7.15. The molecule has 0 aliphatic carbocycles. The number of hydrogen-bond acceptors (Lipinski definition) is 3. The van der Waals surface area contributed by atoms with E-state index in [9.17, 15) is 0 Å². The van der Waals surface area contributed by atoms with Gasteiger partial charge in [0, 0.05) is 29.9 Å². The monoisotopic (exact) mass is 382 g/mol. The van der Waals surface area contributed by atoms with Crippen LogP contribution >= 0.6 is 23.5 Å². The van der Waals surface area contributed by atoms with E-state index in [1.54, 1.807) is 0 Å². The zero-order valence-corrected chi connectivity index (χ0v) is 18.1. The van der Waals surface area contributed by atoms with Gasteiger partial charge in [-0.1, -0.05) is 78.1 Å². The molecule has 0 bridgehead atoms. The molecule has 0 aromatic carbocycles. The molecule has 144 valence electrons. The summed E-state index contributed by atoms with van der Waals surface area (Å²) in [5.41, 5.74) is 0. The summed E-state index contributed by atoms with van der Waals surface area (Å²) in [5.74, 6) is 1.33. The fourth-order valence-corrected chi connectivity index (χ4v) is 7.53. The van der Waals surface area contributed by atoms with Gasteiger partial charge in [-0.3, -0.25) is 0 Å². The summed E-state index contributed by atoms with van der Waals surface area (Å²) in [6.45, 7) is 5.76. The van der Waals surface area contributed by atoms with Crippen molar-refractivity contribution in [3.63, 3.8) is 0 Å². The summed E-state index contributed by atoms with van der Waals surface area (Å²) in [4.78, 5) is 4.24. The van der Waals surface area contributed by atoms with Gasteiger partial charge < -0.3 is 4.57 Å². The van der Waals surface area contributed by atoms with Crippen LogP contribution in [-0.4, -0.2) is 24.6 Å². The van der Waals surface area contributed by atoms with Crippen molar-refractivity contribution in [2.45, 2.75) is 107 Å². The first-order chi connectivity index (χ1) is 12.3. The first-order valence-corrected chi connectivity index (χ1v) is 12.4. The third kappa shape index (κ3) is 7.99. The second kappa shape index (κ2) is 12.3. The van der Waals surface area contributed by atoms with Crippen molar-refractivity contribution in [2.75, 3.05) is 5.75 Å². The number of nitrogens with zero attached hydrogens (tertiary/aromatic N) is 2. The fourth-order valence-electron chi connectivity index (χ4n) is 3.65. The van der Waals surface area contributed by atoms with E-state index in [1.165, 1.54) is 82.8 Å². The van der Waals surface area contributed by atoms with Crippen LogP contribution in [0.4, 0.5) is 0 Å². The number of imidazole rings is 1. The largest absolute Gasteiger partial charge is 0.335 e. The van der Waals surface area contributed by atoms with Crippen LogP contribution in [0.1, 0.15) is 90.9 Å². The van der Waals surface area contributed by atoms with E-state index in [2.05, 4.69) is 53.1 Å². The molecule has 1 saturated heterocycles. The quantitative estimate of drug-likeness (QED) is 0.318. The highest BCUT2D eigenvalue weighted by molar-refractivity contribution is 8.21. The first kappa shape index (κ1) is 21.2. The van der Waals surface area contributed by atoms with Crippen molar-refractivity contribution in [3.8, 4) is 0 Å². The molecule has 0 spiro atoms. The van der Waals surface area contributed by atoms with Crippen LogP contribution in [0.3, 0.4) is 0 Å². The Morgan fingerprint density at radius 1 is 1.00 bits per heavy atom. The fraction of sp³-hybridized carbons (Fsp3) is 0.857. The number of aromatic nitrogens is 2. The van der Waals surface area contributed by atoms with Gasteiger partial charge in [-0.15, -0.1) is 23.5 Å². The van der Waals surface area contributed by atoms with Gasteiger partial charge in [-0.2, -0.15) is 0 Å². The molecule has 2 atom stereocenters. The molecule has 0 N–H and O–H groups in total. The van der Waals surface area contributed by atoms with E-state index in [-0.39, 0.29) is 0 Å². The van der Waals surface area contributed by atoms with E-state index >= 15 is 0 Å². The molecular formula is C21H38N2S2. The molecule has 0 saturated carbocycles. The Bertz CT molecular complexity index is 435. The van der Waals surface area contributed by atoms with Crippen molar-refractivity contribution in [1.29, 1.82) is 0 Å². The first-order valence-electron chi connectivity index (χ1n) is 10.6. The zero-order chi connectivity index (χ0) is 17.8. The van der Waals surface area contributed by atoms with Crippen LogP contribution < -0.4 is 0 Å².